The number of nitrogens with two attached hydrogens (primary N) is 1. The molecule has 1 atom stereocenters. The summed E-state index contributed by atoms with van der Waals surface area (Å²) < 4.78 is 0. The molecule has 1 unspecified atom stereocenters. The smallest absolute Gasteiger partial charge is 0.312 e. The van der Waals surface area contributed by atoms with Crippen molar-refractivity contribution in [1.82, 2.24) is 5.32 Å². The highest BCUT2D eigenvalue weighted by molar-refractivity contribution is 6.31. The van der Waals surface area contributed by atoms with Crippen molar-refractivity contribution in [2.75, 3.05) is 10.6 Å². The Hall–Kier alpha value is -3.06. The molecular formula is C18H19ClN4O3. The van der Waals surface area contributed by atoms with Gasteiger partial charge in [0.1, 0.15) is 0 Å². The highest BCUT2D eigenvalue weighted by Crippen LogP contribution is 2.25. The molecule has 7 nitrogen and oxygen atoms in total. The number of primary amides is 1. The number of anilines is 2. The normalized spacial score (nSPS) is 11.3. The summed E-state index contributed by atoms with van der Waals surface area (Å²) in [5.41, 5.74) is 6.88. The molecule has 0 aliphatic carbocycles. The highest BCUT2D eigenvalue weighted by Gasteiger charge is 2.19. The quantitative estimate of drug-likeness (QED) is 0.623. The first-order valence-corrected chi connectivity index (χ1v) is 8.21. The number of amides is 4. The van der Waals surface area contributed by atoms with E-state index in [1.54, 1.807) is 48.5 Å². The Kier molecular flexibility index (Phi) is 6.57. The Labute approximate surface area is 155 Å². The molecule has 0 spiro atoms. The molecule has 0 radical (unpaired) electrons. The number of carbonyl (C=O) groups excluding carboxylic acids is 3. The van der Waals surface area contributed by atoms with E-state index in [0.29, 0.717) is 22.0 Å². The van der Waals surface area contributed by atoms with Crippen LogP contribution in [0.3, 0.4) is 0 Å². The topological polar surface area (TPSA) is 113 Å². The summed E-state index contributed by atoms with van der Waals surface area (Å²) in [5.74, 6) is -0.554. The van der Waals surface area contributed by atoms with Gasteiger partial charge in [0.25, 0.3) is 0 Å². The Morgan fingerprint density at radius 3 is 2.31 bits per heavy atom. The van der Waals surface area contributed by atoms with Crippen molar-refractivity contribution < 1.29 is 14.4 Å². The minimum atomic E-state index is -0.754. The molecular weight excluding hydrogens is 356 g/mol. The SMILES string of the molecule is CC(=O)Nc1cccc(NC(=O)CC(NC(N)=O)c2ccccc2Cl)c1. The van der Waals surface area contributed by atoms with E-state index in [9.17, 15) is 14.4 Å². The summed E-state index contributed by atoms with van der Waals surface area (Å²) in [7, 11) is 0. The van der Waals surface area contributed by atoms with Crippen LogP contribution in [0.4, 0.5) is 16.2 Å². The largest absolute Gasteiger partial charge is 0.352 e. The van der Waals surface area contributed by atoms with E-state index in [4.69, 9.17) is 17.3 Å². The second-order valence-corrected chi connectivity index (χ2v) is 6.00. The minimum Gasteiger partial charge on any atom is -0.352 e. The molecule has 0 saturated heterocycles. The Morgan fingerprint density at radius 1 is 1.04 bits per heavy atom. The molecule has 0 heterocycles. The van der Waals surface area contributed by atoms with Crippen molar-refractivity contribution in [2.45, 2.75) is 19.4 Å². The van der Waals surface area contributed by atoms with Crippen molar-refractivity contribution in [3.05, 3.63) is 59.1 Å². The number of carbonyl (C=O) groups is 3. The van der Waals surface area contributed by atoms with Crippen molar-refractivity contribution in [2.24, 2.45) is 5.73 Å². The van der Waals surface area contributed by atoms with Crippen LogP contribution in [0.15, 0.2) is 48.5 Å². The molecule has 0 bridgehead atoms. The number of urea groups is 1. The van der Waals surface area contributed by atoms with Crippen LogP contribution in [0.25, 0.3) is 0 Å². The summed E-state index contributed by atoms with van der Waals surface area (Å²) in [6.45, 7) is 1.40. The van der Waals surface area contributed by atoms with Gasteiger partial charge in [-0.15, -0.1) is 0 Å². The lowest BCUT2D eigenvalue weighted by atomic mass is 10.0. The molecule has 0 fully saturated rings. The van der Waals surface area contributed by atoms with Crippen LogP contribution in [0, 0.1) is 0 Å². The predicted molar refractivity (Wildman–Crippen MR) is 101 cm³/mol. The van der Waals surface area contributed by atoms with Crippen LogP contribution in [0.5, 0.6) is 0 Å². The van der Waals surface area contributed by atoms with Crippen molar-refractivity contribution >= 4 is 40.8 Å². The lowest BCUT2D eigenvalue weighted by Gasteiger charge is -2.19. The average Bonchev–Trinajstić information content (AvgIpc) is 2.54. The zero-order chi connectivity index (χ0) is 19.1. The molecule has 4 amide bonds. The second kappa shape index (κ2) is 8.87. The van der Waals surface area contributed by atoms with Crippen molar-refractivity contribution in [3.63, 3.8) is 0 Å². The third-order valence-corrected chi connectivity index (χ3v) is 3.80. The molecule has 2 aromatic rings. The van der Waals surface area contributed by atoms with Gasteiger partial charge in [0.2, 0.25) is 11.8 Å². The fourth-order valence-electron chi connectivity index (χ4n) is 2.44. The Bertz CT molecular complexity index is 826. The first-order chi connectivity index (χ1) is 12.3. The molecule has 0 saturated carbocycles. The monoisotopic (exact) mass is 374 g/mol. The predicted octanol–water partition coefficient (Wildman–Crippen LogP) is 3.04. The molecule has 5 N–H and O–H groups in total. The van der Waals surface area contributed by atoms with Crippen LogP contribution in [0.1, 0.15) is 24.9 Å². The van der Waals surface area contributed by atoms with E-state index in [2.05, 4.69) is 16.0 Å². The van der Waals surface area contributed by atoms with E-state index in [-0.39, 0.29) is 18.2 Å². The van der Waals surface area contributed by atoms with Crippen LogP contribution in [0.2, 0.25) is 5.02 Å². The zero-order valence-electron chi connectivity index (χ0n) is 14.1. The standard InChI is InChI=1S/C18H19ClN4O3/c1-11(24)21-12-5-4-6-13(9-12)22-17(25)10-16(23-18(20)26)14-7-2-3-8-15(14)19/h2-9,16H,10H2,1H3,(H,21,24)(H,22,25)(H3,20,23,26). The lowest BCUT2D eigenvalue weighted by molar-refractivity contribution is -0.116. The fourth-order valence-corrected chi connectivity index (χ4v) is 2.71. The van der Waals surface area contributed by atoms with E-state index >= 15 is 0 Å². The Morgan fingerprint density at radius 2 is 1.69 bits per heavy atom. The van der Waals surface area contributed by atoms with Gasteiger partial charge in [-0.1, -0.05) is 35.9 Å². The highest BCUT2D eigenvalue weighted by atomic mass is 35.5. The van der Waals surface area contributed by atoms with Crippen molar-refractivity contribution in [3.8, 4) is 0 Å². The maximum atomic E-state index is 12.4. The Balaban J connectivity index is 2.11. The number of halogens is 1. The van der Waals surface area contributed by atoms with E-state index in [0.717, 1.165) is 0 Å². The zero-order valence-corrected chi connectivity index (χ0v) is 14.8. The summed E-state index contributed by atoms with van der Waals surface area (Å²) in [6, 6.07) is 12.2. The summed E-state index contributed by atoms with van der Waals surface area (Å²) in [6.07, 6.45) is -0.0585. The van der Waals surface area contributed by atoms with Gasteiger partial charge < -0.3 is 21.7 Å². The van der Waals surface area contributed by atoms with Gasteiger partial charge in [-0.25, -0.2) is 4.79 Å². The van der Waals surface area contributed by atoms with Gasteiger partial charge in [-0.05, 0) is 29.8 Å². The summed E-state index contributed by atoms with van der Waals surface area (Å²) >= 11 is 6.15. The number of nitrogens with one attached hydrogen (secondary N) is 3. The maximum absolute atomic E-state index is 12.4. The summed E-state index contributed by atoms with van der Waals surface area (Å²) in [4.78, 5) is 34.8. The van der Waals surface area contributed by atoms with Gasteiger partial charge in [0, 0.05) is 23.3 Å². The number of hydrogen-bond acceptors (Lipinski definition) is 3. The average molecular weight is 375 g/mol. The third kappa shape index (κ3) is 5.78. The first-order valence-electron chi connectivity index (χ1n) is 7.83. The van der Waals surface area contributed by atoms with Crippen LogP contribution >= 0.6 is 11.6 Å². The van der Waals surface area contributed by atoms with Gasteiger partial charge >= 0.3 is 6.03 Å². The van der Waals surface area contributed by atoms with Gasteiger partial charge in [-0.3, -0.25) is 9.59 Å². The molecule has 2 aromatic carbocycles. The molecule has 0 aliphatic rings. The third-order valence-electron chi connectivity index (χ3n) is 3.45. The van der Waals surface area contributed by atoms with Gasteiger partial charge in [0.05, 0.1) is 12.5 Å². The van der Waals surface area contributed by atoms with E-state index in [1.165, 1.54) is 6.92 Å². The molecule has 26 heavy (non-hydrogen) atoms. The number of benzene rings is 2. The van der Waals surface area contributed by atoms with Crippen LogP contribution in [-0.4, -0.2) is 17.8 Å². The lowest BCUT2D eigenvalue weighted by Crippen LogP contribution is -2.35. The van der Waals surface area contributed by atoms with Gasteiger partial charge in [-0.2, -0.15) is 0 Å². The van der Waals surface area contributed by atoms with Gasteiger partial charge in [0.15, 0.2) is 0 Å². The molecule has 8 heteroatoms. The summed E-state index contributed by atoms with van der Waals surface area (Å²) in [5, 5.41) is 8.31. The van der Waals surface area contributed by atoms with E-state index < -0.39 is 12.1 Å². The number of rotatable bonds is 6. The van der Waals surface area contributed by atoms with Crippen LogP contribution < -0.4 is 21.7 Å². The molecule has 136 valence electrons. The molecule has 2 rings (SSSR count). The molecule has 0 aromatic heterocycles. The van der Waals surface area contributed by atoms with E-state index in [1.807, 2.05) is 0 Å². The maximum Gasteiger partial charge on any atom is 0.312 e. The fraction of sp³-hybridized carbons (Fsp3) is 0.167. The minimum absolute atomic E-state index is 0.0585. The van der Waals surface area contributed by atoms with Crippen LogP contribution in [-0.2, 0) is 9.59 Å². The second-order valence-electron chi connectivity index (χ2n) is 5.60. The number of hydrogen-bond donors (Lipinski definition) is 4. The first kappa shape index (κ1) is 19.3. The van der Waals surface area contributed by atoms with Crippen molar-refractivity contribution in [1.29, 1.82) is 0 Å². The molecule has 0 aliphatic heterocycles.